The zero-order valence-electron chi connectivity index (χ0n) is 14.1. The molecule has 3 atom stereocenters. The molecule has 25 heavy (non-hydrogen) atoms. The summed E-state index contributed by atoms with van der Waals surface area (Å²) in [4.78, 5) is 14.9. The molecule has 4 rings (SSSR count). The molecule has 1 aromatic carbocycles. The summed E-state index contributed by atoms with van der Waals surface area (Å²) in [6.07, 6.45) is 3.93. The first kappa shape index (κ1) is 18.4. The van der Waals surface area contributed by atoms with E-state index in [1.165, 1.54) is 0 Å². The quantitative estimate of drug-likeness (QED) is 0.804. The van der Waals surface area contributed by atoms with E-state index in [-0.39, 0.29) is 24.4 Å². The summed E-state index contributed by atoms with van der Waals surface area (Å²) in [7, 11) is 0. The molecule has 7 heteroatoms. The molecule has 0 spiro atoms. The smallest absolute Gasteiger partial charge is 0.257 e. The van der Waals surface area contributed by atoms with E-state index in [0.29, 0.717) is 17.4 Å². The van der Waals surface area contributed by atoms with Gasteiger partial charge in [-0.2, -0.15) is 5.10 Å². The molecule has 1 aliphatic carbocycles. The third-order valence-corrected chi connectivity index (χ3v) is 6.04. The minimum atomic E-state index is 0. The van der Waals surface area contributed by atoms with E-state index < -0.39 is 0 Å². The highest BCUT2D eigenvalue weighted by molar-refractivity contribution is 9.10. The van der Waals surface area contributed by atoms with E-state index >= 15 is 0 Å². The number of hydrogen-bond acceptors (Lipinski definition) is 3. The third-order valence-electron chi connectivity index (χ3n) is 5.51. The molecule has 2 aromatic rings. The molecule has 2 N–H and O–H groups in total. The molecule has 2 aliphatic rings. The Morgan fingerprint density at radius 1 is 1.24 bits per heavy atom. The minimum Gasteiger partial charge on any atom is -0.338 e. The van der Waals surface area contributed by atoms with Gasteiger partial charge in [0.2, 0.25) is 0 Å². The molecule has 5 nitrogen and oxygen atoms in total. The van der Waals surface area contributed by atoms with Crippen molar-refractivity contribution in [1.29, 1.82) is 0 Å². The second kappa shape index (κ2) is 7.09. The van der Waals surface area contributed by atoms with Crippen LogP contribution in [0.3, 0.4) is 0 Å². The van der Waals surface area contributed by atoms with Crippen molar-refractivity contribution in [2.45, 2.75) is 25.8 Å². The highest BCUT2D eigenvalue weighted by atomic mass is 79.9. The van der Waals surface area contributed by atoms with E-state index in [4.69, 9.17) is 5.73 Å². The highest BCUT2D eigenvalue weighted by Crippen LogP contribution is 2.37. The standard InChI is InChI=1S/C18H21BrN4O.ClH/c1-11-15(8-21-23(11)14-5-3-13(19)4-6-14)18(24)22-9-12-2-7-17(20)16(12)10-22;/h3-6,8,12,16-17H,2,7,9-10,20H2,1H3;1H. The van der Waals surface area contributed by atoms with Crippen molar-refractivity contribution in [3.63, 3.8) is 0 Å². The van der Waals surface area contributed by atoms with Crippen molar-refractivity contribution in [2.24, 2.45) is 17.6 Å². The predicted molar refractivity (Wildman–Crippen MR) is 103 cm³/mol. The van der Waals surface area contributed by atoms with Crippen LogP contribution in [0.4, 0.5) is 0 Å². The summed E-state index contributed by atoms with van der Waals surface area (Å²) in [5.41, 5.74) is 8.70. The minimum absolute atomic E-state index is 0. The topological polar surface area (TPSA) is 64.2 Å². The Morgan fingerprint density at radius 2 is 1.96 bits per heavy atom. The lowest BCUT2D eigenvalue weighted by Crippen LogP contribution is -2.33. The summed E-state index contributed by atoms with van der Waals surface area (Å²) in [6.45, 7) is 3.57. The second-order valence-corrected chi connectivity index (χ2v) is 7.82. The normalized spacial score (nSPS) is 24.9. The second-order valence-electron chi connectivity index (χ2n) is 6.91. The number of nitrogens with two attached hydrogens (primary N) is 1. The number of carbonyl (C=O) groups excluding carboxylic acids is 1. The number of carbonyl (C=O) groups is 1. The summed E-state index contributed by atoms with van der Waals surface area (Å²) >= 11 is 3.44. The van der Waals surface area contributed by atoms with E-state index in [1.54, 1.807) is 6.20 Å². The van der Waals surface area contributed by atoms with Gasteiger partial charge in [-0.25, -0.2) is 4.68 Å². The van der Waals surface area contributed by atoms with Gasteiger partial charge in [0.25, 0.3) is 5.91 Å². The Labute approximate surface area is 162 Å². The maximum atomic E-state index is 12.9. The summed E-state index contributed by atoms with van der Waals surface area (Å²) in [5, 5.41) is 4.42. The van der Waals surface area contributed by atoms with Gasteiger partial charge in [-0.3, -0.25) is 4.79 Å². The van der Waals surface area contributed by atoms with E-state index in [2.05, 4.69) is 21.0 Å². The van der Waals surface area contributed by atoms with Gasteiger partial charge in [-0.1, -0.05) is 15.9 Å². The molecule has 2 heterocycles. The van der Waals surface area contributed by atoms with Gasteiger partial charge in [-0.05, 0) is 55.9 Å². The predicted octanol–water partition coefficient (Wildman–Crippen LogP) is 3.17. The molecule has 134 valence electrons. The fraction of sp³-hybridized carbons (Fsp3) is 0.444. The Balaban J connectivity index is 0.00000182. The van der Waals surface area contributed by atoms with Crippen molar-refractivity contribution in [3.05, 3.63) is 46.2 Å². The van der Waals surface area contributed by atoms with Crippen molar-refractivity contribution in [1.82, 2.24) is 14.7 Å². The molecular formula is C18H22BrClN4O. The van der Waals surface area contributed by atoms with Crippen LogP contribution in [0.2, 0.25) is 0 Å². The number of hydrogen-bond donors (Lipinski definition) is 1. The lowest BCUT2D eigenvalue weighted by atomic mass is 9.98. The molecule has 3 unspecified atom stereocenters. The molecular weight excluding hydrogens is 404 g/mol. The van der Waals surface area contributed by atoms with Crippen molar-refractivity contribution < 1.29 is 4.79 Å². The van der Waals surface area contributed by atoms with Gasteiger partial charge in [-0.15, -0.1) is 12.4 Å². The number of benzene rings is 1. The number of amides is 1. The summed E-state index contributed by atoms with van der Waals surface area (Å²) in [5.74, 6) is 1.12. The number of aromatic nitrogens is 2. The van der Waals surface area contributed by atoms with E-state index in [1.807, 2.05) is 40.8 Å². The first-order chi connectivity index (χ1) is 11.5. The number of halogens is 2. The zero-order valence-corrected chi connectivity index (χ0v) is 16.5. The van der Waals surface area contributed by atoms with Gasteiger partial charge >= 0.3 is 0 Å². The SMILES string of the molecule is Cc1c(C(=O)N2CC3CCC(N)C3C2)cnn1-c1ccc(Br)cc1.Cl. The van der Waals surface area contributed by atoms with Gasteiger partial charge in [0.1, 0.15) is 0 Å². The van der Waals surface area contributed by atoms with E-state index in [0.717, 1.165) is 41.8 Å². The molecule has 1 aromatic heterocycles. The van der Waals surface area contributed by atoms with Crippen molar-refractivity contribution in [2.75, 3.05) is 13.1 Å². The van der Waals surface area contributed by atoms with Crippen LogP contribution in [0.1, 0.15) is 28.9 Å². The fourth-order valence-corrected chi connectivity index (χ4v) is 4.37. The molecule has 0 radical (unpaired) electrons. The maximum Gasteiger partial charge on any atom is 0.257 e. The van der Waals surface area contributed by atoms with Gasteiger partial charge in [0.15, 0.2) is 0 Å². The van der Waals surface area contributed by atoms with Gasteiger partial charge in [0, 0.05) is 23.6 Å². The van der Waals surface area contributed by atoms with Crippen LogP contribution in [-0.2, 0) is 0 Å². The fourth-order valence-electron chi connectivity index (χ4n) is 4.11. The van der Waals surface area contributed by atoms with Crippen molar-refractivity contribution in [3.8, 4) is 5.69 Å². The lowest BCUT2D eigenvalue weighted by molar-refractivity contribution is 0.0779. The number of nitrogens with zero attached hydrogens (tertiary/aromatic N) is 3. The van der Waals surface area contributed by atoms with Gasteiger partial charge < -0.3 is 10.6 Å². The number of fused-ring (bicyclic) bond motifs is 1. The van der Waals surface area contributed by atoms with Crippen LogP contribution in [0.15, 0.2) is 34.9 Å². The van der Waals surface area contributed by atoms with E-state index in [9.17, 15) is 4.79 Å². The maximum absolute atomic E-state index is 12.9. The Morgan fingerprint density at radius 3 is 2.64 bits per heavy atom. The molecule has 0 bridgehead atoms. The molecule has 1 saturated heterocycles. The van der Waals surface area contributed by atoms with Crippen LogP contribution in [0.25, 0.3) is 5.69 Å². The zero-order chi connectivity index (χ0) is 16.8. The molecule has 2 fully saturated rings. The Bertz CT molecular complexity index is 776. The molecule has 1 amide bonds. The van der Waals surface area contributed by atoms with Crippen LogP contribution in [-0.4, -0.2) is 39.7 Å². The van der Waals surface area contributed by atoms with Crippen LogP contribution >= 0.6 is 28.3 Å². The molecule has 1 aliphatic heterocycles. The van der Waals surface area contributed by atoms with Crippen LogP contribution < -0.4 is 5.73 Å². The average Bonchev–Trinajstić information content (AvgIpc) is 3.24. The highest BCUT2D eigenvalue weighted by Gasteiger charge is 2.43. The molecule has 1 saturated carbocycles. The average molecular weight is 426 g/mol. The third kappa shape index (κ3) is 3.23. The Kier molecular flexibility index (Phi) is 5.23. The largest absolute Gasteiger partial charge is 0.338 e. The summed E-state index contributed by atoms with van der Waals surface area (Å²) in [6, 6.07) is 8.16. The lowest BCUT2D eigenvalue weighted by Gasteiger charge is -2.18. The number of likely N-dealkylation sites (tertiary alicyclic amines) is 1. The van der Waals surface area contributed by atoms with Gasteiger partial charge in [0.05, 0.1) is 23.1 Å². The van der Waals surface area contributed by atoms with Crippen molar-refractivity contribution >= 4 is 34.2 Å². The van der Waals surface area contributed by atoms with Crippen LogP contribution in [0, 0.1) is 18.8 Å². The Hall–Kier alpha value is -1.37. The van der Waals surface area contributed by atoms with Crippen LogP contribution in [0.5, 0.6) is 0 Å². The number of rotatable bonds is 2. The monoisotopic (exact) mass is 424 g/mol. The summed E-state index contributed by atoms with van der Waals surface area (Å²) < 4.78 is 2.84. The first-order valence-electron chi connectivity index (χ1n) is 8.40. The first-order valence-corrected chi connectivity index (χ1v) is 9.19.